The van der Waals surface area contributed by atoms with Crippen LogP contribution in [-0.4, -0.2) is 136 Å². The van der Waals surface area contributed by atoms with E-state index in [0.717, 1.165) is 0 Å². The third kappa shape index (κ3) is 32.2. The Balaban J connectivity index is -0.000000168. The maximum absolute atomic E-state index is 9.90. The number of aliphatic hydroxyl groups excluding tert-OH is 8. The predicted octanol–water partition coefficient (Wildman–Crippen LogP) is -4.74. The molecule has 0 aromatic heterocycles. The third-order valence-corrected chi connectivity index (χ3v) is 2.68. The molecule has 0 saturated heterocycles. The van der Waals surface area contributed by atoms with Gasteiger partial charge in [-0.05, 0) is 12.8 Å². The summed E-state index contributed by atoms with van der Waals surface area (Å²) in [5, 5.41) is 96.8. The predicted molar refractivity (Wildman–Crippen MR) is 101 cm³/mol. The van der Waals surface area contributed by atoms with Crippen LogP contribution in [0.1, 0.15) is 25.7 Å². The molecule has 0 bridgehead atoms. The van der Waals surface area contributed by atoms with Crippen molar-refractivity contribution in [1.82, 2.24) is 0 Å². The average Bonchev–Trinajstić information content (AvgIpc) is 2.75. The van der Waals surface area contributed by atoms with Gasteiger partial charge in [-0.1, -0.05) is 0 Å². The molecule has 0 aliphatic carbocycles. The smallest absolute Gasteiger partial charge is 0.335 e. The Hall–Kier alpha value is -2.44. The van der Waals surface area contributed by atoms with Gasteiger partial charge in [0.05, 0.1) is 26.4 Å². The quantitative estimate of drug-likeness (QED) is 0.117. The van der Waals surface area contributed by atoms with Crippen molar-refractivity contribution in [1.29, 1.82) is 0 Å². The summed E-state index contributed by atoms with van der Waals surface area (Å²) in [6, 6.07) is 0. The summed E-state index contributed by atoms with van der Waals surface area (Å²) in [6.45, 7) is -1.46. The van der Waals surface area contributed by atoms with E-state index >= 15 is 0 Å². The van der Waals surface area contributed by atoms with Gasteiger partial charge in [0, 0.05) is 12.8 Å². The van der Waals surface area contributed by atoms with Gasteiger partial charge in [0.2, 0.25) is 0 Å². The van der Waals surface area contributed by atoms with Crippen molar-refractivity contribution < 1.29 is 80.5 Å². The van der Waals surface area contributed by atoms with Crippen molar-refractivity contribution in [3.05, 3.63) is 0 Å². The van der Waals surface area contributed by atoms with E-state index in [9.17, 15) is 19.2 Å². The Labute approximate surface area is 181 Å². The molecule has 0 amide bonds. The Kier molecular flexibility index (Phi) is 28.6. The minimum Gasteiger partial charge on any atom is -0.481 e. The lowest BCUT2D eigenvalue weighted by atomic mass is 10.2. The maximum Gasteiger partial charge on any atom is 0.335 e. The lowest BCUT2D eigenvalue weighted by Gasteiger charge is -2.07. The van der Waals surface area contributed by atoms with Crippen molar-refractivity contribution in [2.75, 3.05) is 26.4 Å². The van der Waals surface area contributed by atoms with Crippen LogP contribution in [0.15, 0.2) is 0 Å². The molecule has 192 valence electrons. The summed E-state index contributed by atoms with van der Waals surface area (Å²) >= 11 is 0. The SMILES string of the molecule is O=C(O)C(O)C(O)C(=O)O.O=C(O)CCCCC(=O)O.OCC(O)CO.OCC(O)CO. The van der Waals surface area contributed by atoms with Gasteiger partial charge >= 0.3 is 23.9 Å². The molecular weight excluding hydrogens is 448 g/mol. The van der Waals surface area contributed by atoms with E-state index in [4.69, 9.17) is 61.3 Å². The average molecular weight is 480 g/mol. The minimum absolute atomic E-state index is 0.0628. The zero-order valence-corrected chi connectivity index (χ0v) is 17.0. The number of carboxylic acids is 4. The molecule has 2 atom stereocenters. The molecule has 0 aromatic rings. The van der Waals surface area contributed by atoms with Gasteiger partial charge in [0.15, 0.2) is 12.2 Å². The lowest BCUT2D eigenvalue weighted by Crippen LogP contribution is -2.39. The second kappa shape index (κ2) is 24.8. The molecule has 0 radical (unpaired) electrons. The van der Waals surface area contributed by atoms with Crippen LogP contribution in [0.3, 0.4) is 0 Å². The van der Waals surface area contributed by atoms with E-state index in [1.807, 2.05) is 0 Å². The molecule has 12 N–H and O–H groups in total. The first kappa shape index (κ1) is 36.9. The molecule has 0 spiro atoms. The van der Waals surface area contributed by atoms with Gasteiger partial charge in [-0.25, -0.2) is 9.59 Å². The highest BCUT2D eigenvalue weighted by atomic mass is 16.4. The number of rotatable bonds is 12. The number of aliphatic hydroxyl groups is 8. The standard InChI is InChI=1S/C6H10O4.C4H6O6.2C3H8O3/c7-5(8)3-1-2-4-6(9)10;5-1(3(7)8)2(6)4(9)10;2*4-1-3(6)2-5/h1-4H2,(H,7,8)(H,9,10);1-2,5-6H,(H,7,8)(H,9,10);2*3-6H,1-2H2. The normalized spacial score (nSPS) is 11.6. The number of hydrogen-bond acceptors (Lipinski definition) is 12. The highest BCUT2D eigenvalue weighted by molar-refractivity contribution is 5.83. The van der Waals surface area contributed by atoms with E-state index in [1.165, 1.54) is 0 Å². The minimum atomic E-state index is -2.27. The highest BCUT2D eigenvalue weighted by Gasteiger charge is 2.29. The number of aliphatic carboxylic acids is 4. The van der Waals surface area contributed by atoms with E-state index in [0.29, 0.717) is 12.8 Å². The summed E-state index contributed by atoms with van der Waals surface area (Å²) in [4.78, 5) is 39.3. The van der Waals surface area contributed by atoms with Crippen molar-refractivity contribution in [3.63, 3.8) is 0 Å². The van der Waals surface area contributed by atoms with Crippen LogP contribution in [0.4, 0.5) is 0 Å². The fraction of sp³-hybridized carbons (Fsp3) is 0.750. The summed E-state index contributed by atoms with van der Waals surface area (Å²) in [5.74, 6) is -5.28. The van der Waals surface area contributed by atoms with E-state index in [1.54, 1.807) is 0 Å². The first-order valence-corrected chi connectivity index (χ1v) is 8.76. The summed E-state index contributed by atoms with van der Waals surface area (Å²) in [5.41, 5.74) is 0. The topological polar surface area (TPSA) is 311 Å². The fourth-order valence-electron chi connectivity index (χ4n) is 0.938. The number of unbranched alkanes of at least 4 members (excludes halogenated alkanes) is 1. The van der Waals surface area contributed by atoms with Gasteiger partial charge in [-0.15, -0.1) is 0 Å². The van der Waals surface area contributed by atoms with Crippen molar-refractivity contribution in [2.45, 2.75) is 50.1 Å². The molecule has 0 aliphatic rings. The highest BCUT2D eigenvalue weighted by Crippen LogP contribution is 1.98. The molecule has 16 nitrogen and oxygen atoms in total. The summed E-state index contributed by atoms with van der Waals surface area (Å²) < 4.78 is 0. The first-order valence-electron chi connectivity index (χ1n) is 8.76. The Bertz CT molecular complexity index is 444. The Morgan fingerprint density at radius 1 is 0.500 bits per heavy atom. The van der Waals surface area contributed by atoms with Gasteiger partial charge < -0.3 is 61.3 Å². The van der Waals surface area contributed by atoms with Crippen molar-refractivity contribution >= 4 is 23.9 Å². The molecule has 0 saturated carbocycles. The lowest BCUT2D eigenvalue weighted by molar-refractivity contribution is -0.165. The fourth-order valence-corrected chi connectivity index (χ4v) is 0.938. The monoisotopic (exact) mass is 480 g/mol. The summed E-state index contributed by atoms with van der Waals surface area (Å²) in [6.07, 6.45) is -5.42. The molecule has 16 heteroatoms. The van der Waals surface area contributed by atoms with Crippen LogP contribution in [-0.2, 0) is 19.2 Å². The van der Waals surface area contributed by atoms with Crippen LogP contribution < -0.4 is 0 Å². The van der Waals surface area contributed by atoms with Crippen LogP contribution in [0.25, 0.3) is 0 Å². The Morgan fingerprint density at radius 3 is 0.812 bits per heavy atom. The second-order valence-electron chi connectivity index (χ2n) is 5.60. The third-order valence-electron chi connectivity index (χ3n) is 2.68. The van der Waals surface area contributed by atoms with Crippen LogP contribution >= 0.6 is 0 Å². The molecular formula is C16H32O16. The summed E-state index contributed by atoms with van der Waals surface area (Å²) in [7, 11) is 0. The van der Waals surface area contributed by atoms with Crippen LogP contribution in [0.2, 0.25) is 0 Å². The van der Waals surface area contributed by atoms with E-state index < -0.39 is 48.3 Å². The van der Waals surface area contributed by atoms with E-state index in [2.05, 4.69) is 0 Å². The van der Waals surface area contributed by atoms with Gasteiger partial charge in [0.25, 0.3) is 0 Å². The zero-order valence-electron chi connectivity index (χ0n) is 17.0. The van der Waals surface area contributed by atoms with E-state index in [-0.39, 0.29) is 39.3 Å². The number of carbonyl (C=O) groups is 4. The largest absolute Gasteiger partial charge is 0.481 e. The van der Waals surface area contributed by atoms with Gasteiger partial charge in [0.1, 0.15) is 12.2 Å². The zero-order chi connectivity index (χ0) is 26.3. The molecule has 0 fully saturated rings. The second-order valence-corrected chi connectivity index (χ2v) is 5.60. The Morgan fingerprint density at radius 2 is 0.719 bits per heavy atom. The number of hydrogen-bond donors (Lipinski definition) is 12. The van der Waals surface area contributed by atoms with Gasteiger partial charge in [-0.3, -0.25) is 9.59 Å². The molecule has 0 heterocycles. The van der Waals surface area contributed by atoms with Crippen LogP contribution in [0.5, 0.6) is 0 Å². The van der Waals surface area contributed by atoms with Crippen molar-refractivity contribution in [3.8, 4) is 0 Å². The molecule has 0 aromatic carbocycles. The maximum atomic E-state index is 9.90. The first-order chi connectivity index (χ1) is 14.7. The molecule has 0 aliphatic heterocycles. The molecule has 0 rings (SSSR count). The molecule has 32 heavy (non-hydrogen) atoms. The van der Waals surface area contributed by atoms with Crippen LogP contribution in [0, 0.1) is 0 Å². The molecule has 2 unspecified atom stereocenters. The van der Waals surface area contributed by atoms with Crippen molar-refractivity contribution in [2.24, 2.45) is 0 Å². The number of carboxylic acid groups (broad SMARTS) is 4. The van der Waals surface area contributed by atoms with Gasteiger partial charge in [-0.2, -0.15) is 0 Å².